The normalized spacial score (nSPS) is 10.2. The number of hydrogen-bond donors (Lipinski definition) is 0. The Morgan fingerprint density at radius 1 is 1.67 bits per heavy atom. The van der Waals surface area contributed by atoms with E-state index in [0.717, 1.165) is 5.69 Å². The van der Waals surface area contributed by atoms with E-state index in [2.05, 4.69) is 9.97 Å². The molecular formula is C9H10N4OS. The first-order valence-corrected chi connectivity index (χ1v) is 5.32. The maximum atomic E-state index is 11.8. The third-order valence-corrected chi connectivity index (χ3v) is 2.57. The van der Waals surface area contributed by atoms with Crippen LogP contribution in [0.2, 0.25) is 0 Å². The molecule has 78 valence electrons. The van der Waals surface area contributed by atoms with Crippen molar-refractivity contribution in [2.24, 2.45) is 0 Å². The highest BCUT2D eigenvalue weighted by Gasteiger charge is 2.11. The lowest BCUT2D eigenvalue weighted by Gasteiger charge is -2.15. The summed E-state index contributed by atoms with van der Waals surface area (Å²) in [6.07, 6.45) is 4.69. The van der Waals surface area contributed by atoms with Crippen molar-refractivity contribution >= 4 is 17.4 Å². The van der Waals surface area contributed by atoms with E-state index in [9.17, 15) is 4.79 Å². The molecule has 0 aromatic carbocycles. The number of carbonyl (C=O) groups is 1. The number of hydrogen-bond acceptors (Lipinski definition) is 4. The van der Waals surface area contributed by atoms with Crippen LogP contribution in [-0.2, 0) is 6.54 Å². The average Bonchev–Trinajstić information content (AvgIpc) is 2.88. The predicted molar refractivity (Wildman–Crippen MR) is 56.6 cm³/mol. The number of nitrogens with zero attached hydrogens (tertiary/aromatic N) is 4. The summed E-state index contributed by atoms with van der Waals surface area (Å²) in [6.45, 7) is 0.514. The number of carbonyl (C=O) groups excluding carboxylic acids is 1. The second kappa shape index (κ2) is 4.22. The number of imidazole rings is 1. The Bertz CT molecular complexity index is 423. The summed E-state index contributed by atoms with van der Waals surface area (Å²) in [4.78, 5) is 21.3. The van der Waals surface area contributed by atoms with E-state index in [1.165, 1.54) is 22.2 Å². The molecule has 15 heavy (non-hydrogen) atoms. The van der Waals surface area contributed by atoms with E-state index in [1.54, 1.807) is 29.9 Å². The maximum Gasteiger partial charge on any atom is 0.329 e. The Labute approximate surface area is 91.0 Å². The predicted octanol–water partition coefficient (Wildman–Crippen LogP) is 1.44. The molecule has 0 aliphatic heterocycles. The molecule has 0 atom stereocenters. The van der Waals surface area contributed by atoms with E-state index in [0.29, 0.717) is 6.54 Å². The Morgan fingerprint density at radius 3 is 3.13 bits per heavy atom. The monoisotopic (exact) mass is 222 g/mol. The van der Waals surface area contributed by atoms with Crippen LogP contribution in [0, 0.1) is 0 Å². The molecule has 6 heteroatoms. The Balaban J connectivity index is 2.03. The van der Waals surface area contributed by atoms with E-state index < -0.39 is 0 Å². The lowest BCUT2D eigenvalue weighted by Crippen LogP contribution is -2.29. The molecule has 0 aliphatic carbocycles. The minimum absolute atomic E-state index is 0.111. The largest absolute Gasteiger partial charge is 0.329 e. The van der Waals surface area contributed by atoms with Crippen LogP contribution < -0.4 is 0 Å². The third kappa shape index (κ3) is 2.21. The molecule has 2 aromatic rings. The first kappa shape index (κ1) is 9.85. The van der Waals surface area contributed by atoms with Crippen LogP contribution in [0.4, 0.5) is 4.79 Å². The molecule has 2 heterocycles. The van der Waals surface area contributed by atoms with Crippen LogP contribution in [0.3, 0.4) is 0 Å². The fourth-order valence-corrected chi connectivity index (χ4v) is 1.75. The van der Waals surface area contributed by atoms with Gasteiger partial charge in [0.05, 0.1) is 17.7 Å². The zero-order valence-electron chi connectivity index (χ0n) is 8.20. The standard InChI is InChI=1S/C9H10N4OS/c1-12(4-8-5-15-7-11-8)9(14)13-3-2-10-6-13/h2-3,5-7H,4H2,1H3. The summed E-state index contributed by atoms with van der Waals surface area (Å²) >= 11 is 1.52. The molecule has 5 nitrogen and oxygen atoms in total. The number of amides is 1. The van der Waals surface area contributed by atoms with Crippen molar-refractivity contribution in [3.63, 3.8) is 0 Å². The summed E-state index contributed by atoms with van der Waals surface area (Å²) in [7, 11) is 1.74. The summed E-state index contributed by atoms with van der Waals surface area (Å²) in [5, 5.41) is 1.93. The van der Waals surface area contributed by atoms with Gasteiger partial charge in [-0.15, -0.1) is 11.3 Å². The van der Waals surface area contributed by atoms with Crippen molar-refractivity contribution in [1.29, 1.82) is 0 Å². The van der Waals surface area contributed by atoms with Crippen LogP contribution in [-0.4, -0.2) is 32.5 Å². The molecule has 2 rings (SSSR count). The molecule has 0 unspecified atom stereocenters. The van der Waals surface area contributed by atoms with E-state index in [4.69, 9.17) is 0 Å². The first-order chi connectivity index (χ1) is 7.27. The van der Waals surface area contributed by atoms with Gasteiger partial charge in [0.1, 0.15) is 6.33 Å². The SMILES string of the molecule is CN(Cc1cscn1)C(=O)n1ccnc1. The van der Waals surface area contributed by atoms with Crippen molar-refractivity contribution in [2.45, 2.75) is 6.54 Å². The molecule has 0 spiro atoms. The second-order valence-electron chi connectivity index (χ2n) is 3.09. The molecule has 0 saturated heterocycles. The molecule has 2 aromatic heterocycles. The molecule has 0 fully saturated rings. The molecule has 1 amide bonds. The van der Waals surface area contributed by atoms with Gasteiger partial charge in [0.2, 0.25) is 0 Å². The van der Waals surface area contributed by atoms with Crippen molar-refractivity contribution < 1.29 is 4.79 Å². The molecule has 0 bridgehead atoms. The van der Waals surface area contributed by atoms with Crippen LogP contribution in [0.25, 0.3) is 0 Å². The lowest BCUT2D eigenvalue weighted by atomic mass is 10.4. The van der Waals surface area contributed by atoms with Crippen molar-refractivity contribution in [2.75, 3.05) is 7.05 Å². The van der Waals surface area contributed by atoms with Gasteiger partial charge in [-0.3, -0.25) is 4.57 Å². The molecular weight excluding hydrogens is 212 g/mol. The number of aromatic nitrogens is 3. The third-order valence-electron chi connectivity index (χ3n) is 1.93. The summed E-state index contributed by atoms with van der Waals surface area (Å²) in [5.41, 5.74) is 2.65. The van der Waals surface area contributed by atoms with Gasteiger partial charge in [-0.2, -0.15) is 0 Å². The van der Waals surface area contributed by atoms with Gasteiger partial charge in [0.25, 0.3) is 0 Å². The Hall–Kier alpha value is -1.69. The van der Waals surface area contributed by atoms with E-state index in [-0.39, 0.29) is 6.03 Å². The minimum atomic E-state index is -0.111. The molecule has 0 saturated carbocycles. The smallest absolute Gasteiger partial charge is 0.321 e. The second-order valence-corrected chi connectivity index (χ2v) is 3.81. The highest BCUT2D eigenvalue weighted by molar-refractivity contribution is 7.07. The zero-order valence-corrected chi connectivity index (χ0v) is 9.02. The zero-order chi connectivity index (χ0) is 10.7. The lowest BCUT2D eigenvalue weighted by molar-refractivity contribution is 0.208. The van der Waals surface area contributed by atoms with Gasteiger partial charge in [-0.05, 0) is 0 Å². The van der Waals surface area contributed by atoms with Crippen LogP contribution in [0.15, 0.2) is 29.6 Å². The van der Waals surface area contributed by atoms with Gasteiger partial charge in [-0.1, -0.05) is 0 Å². The first-order valence-electron chi connectivity index (χ1n) is 4.38. The minimum Gasteiger partial charge on any atom is -0.321 e. The number of rotatable bonds is 2. The highest BCUT2D eigenvalue weighted by Crippen LogP contribution is 2.05. The quantitative estimate of drug-likeness (QED) is 0.772. The van der Waals surface area contributed by atoms with Gasteiger partial charge in [0.15, 0.2) is 0 Å². The molecule has 0 aliphatic rings. The van der Waals surface area contributed by atoms with Gasteiger partial charge in [0, 0.05) is 24.8 Å². The van der Waals surface area contributed by atoms with E-state index in [1.807, 2.05) is 5.38 Å². The van der Waals surface area contributed by atoms with Crippen molar-refractivity contribution in [3.05, 3.63) is 35.3 Å². The van der Waals surface area contributed by atoms with Crippen LogP contribution in [0.5, 0.6) is 0 Å². The van der Waals surface area contributed by atoms with Gasteiger partial charge in [-0.25, -0.2) is 14.8 Å². The number of thiazole rings is 1. The van der Waals surface area contributed by atoms with Crippen LogP contribution in [0.1, 0.15) is 5.69 Å². The maximum absolute atomic E-state index is 11.8. The fourth-order valence-electron chi connectivity index (χ4n) is 1.20. The average molecular weight is 222 g/mol. The van der Waals surface area contributed by atoms with Crippen molar-refractivity contribution in [1.82, 2.24) is 19.4 Å². The van der Waals surface area contributed by atoms with Crippen molar-refractivity contribution in [3.8, 4) is 0 Å². The Kier molecular flexibility index (Phi) is 2.77. The van der Waals surface area contributed by atoms with E-state index >= 15 is 0 Å². The molecule has 0 radical (unpaired) electrons. The molecule has 0 N–H and O–H groups in total. The summed E-state index contributed by atoms with van der Waals surface area (Å²) in [5.74, 6) is 0. The van der Waals surface area contributed by atoms with Gasteiger partial charge < -0.3 is 4.90 Å². The Morgan fingerprint density at radius 2 is 2.53 bits per heavy atom. The summed E-state index contributed by atoms with van der Waals surface area (Å²) < 4.78 is 1.44. The van der Waals surface area contributed by atoms with Gasteiger partial charge >= 0.3 is 6.03 Å². The van der Waals surface area contributed by atoms with Crippen LogP contribution >= 0.6 is 11.3 Å². The fraction of sp³-hybridized carbons (Fsp3) is 0.222. The highest BCUT2D eigenvalue weighted by atomic mass is 32.1. The summed E-state index contributed by atoms with van der Waals surface area (Å²) in [6, 6.07) is -0.111. The topological polar surface area (TPSA) is 51.0 Å².